The van der Waals surface area contributed by atoms with Crippen LogP contribution < -0.4 is 9.62 Å². The van der Waals surface area contributed by atoms with Crippen molar-refractivity contribution >= 4 is 50.7 Å². The number of likely N-dealkylation sites (N-methyl/N-ethyl adjacent to an activating group) is 1. The summed E-state index contributed by atoms with van der Waals surface area (Å²) in [5.74, 6) is -1.52. The van der Waals surface area contributed by atoms with Crippen molar-refractivity contribution in [2.45, 2.75) is 31.3 Å². The van der Waals surface area contributed by atoms with E-state index in [2.05, 4.69) is 5.32 Å². The van der Waals surface area contributed by atoms with Crippen molar-refractivity contribution in [2.24, 2.45) is 0 Å². The smallest absolute Gasteiger partial charge is 0.264 e. The van der Waals surface area contributed by atoms with Crippen molar-refractivity contribution in [3.05, 3.63) is 94.2 Å². The number of hydrogen-bond acceptors (Lipinski definition) is 4. The summed E-state index contributed by atoms with van der Waals surface area (Å²) in [5.41, 5.74) is 0.614. The molecule has 0 aliphatic carbocycles. The molecule has 37 heavy (non-hydrogen) atoms. The van der Waals surface area contributed by atoms with Crippen LogP contribution in [0.3, 0.4) is 0 Å². The minimum absolute atomic E-state index is 0.0293. The maximum absolute atomic E-state index is 13.7. The van der Waals surface area contributed by atoms with Gasteiger partial charge in [-0.3, -0.25) is 13.9 Å². The van der Waals surface area contributed by atoms with E-state index in [-0.39, 0.29) is 22.2 Å². The second kappa shape index (κ2) is 12.4. The lowest BCUT2D eigenvalue weighted by Gasteiger charge is -2.32. The topological polar surface area (TPSA) is 86.8 Å². The van der Waals surface area contributed by atoms with Gasteiger partial charge in [0.2, 0.25) is 11.8 Å². The third-order valence-electron chi connectivity index (χ3n) is 5.57. The predicted octanol–water partition coefficient (Wildman–Crippen LogP) is 4.88. The Morgan fingerprint density at radius 2 is 1.65 bits per heavy atom. The molecule has 196 valence electrons. The Hall–Kier alpha value is -3.14. The molecule has 1 atom stereocenters. The molecule has 0 aliphatic rings. The maximum atomic E-state index is 13.7. The van der Waals surface area contributed by atoms with Gasteiger partial charge in [-0.15, -0.1) is 0 Å². The molecule has 7 nitrogen and oxygen atoms in total. The van der Waals surface area contributed by atoms with E-state index in [1.807, 2.05) is 0 Å². The van der Waals surface area contributed by atoms with Crippen molar-refractivity contribution in [1.82, 2.24) is 10.2 Å². The van der Waals surface area contributed by atoms with Gasteiger partial charge in [0, 0.05) is 18.1 Å². The molecule has 2 amide bonds. The molecule has 0 heterocycles. The third-order valence-corrected chi connectivity index (χ3v) is 7.88. The van der Waals surface area contributed by atoms with E-state index >= 15 is 0 Å². The van der Waals surface area contributed by atoms with Crippen LogP contribution in [0, 0.1) is 5.82 Å². The summed E-state index contributed by atoms with van der Waals surface area (Å²) in [6.07, 6.45) is 0. The van der Waals surface area contributed by atoms with Crippen LogP contribution in [0.4, 0.5) is 10.1 Å². The molecular formula is C26H26Cl2FN3O4S. The van der Waals surface area contributed by atoms with Crippen molar-refractivity contribution in [3.63, 3.8) is 0 Å². The van der Waals surface area contributed by atoms with Gasteiger partial charge in [0.05, 0.1) is 15.6 Å². The Kier molecular flexibility index (Phi) is 9.53. The molecule has 0 saturated heterocycles. The molecule has 0 aliphatic heterocycles. The average molecular weight is 566 g/mol. The first-order valence-corrected chi connectivity index (χ1v) is 13.6. The van der Waals surface area contributed by atoms with Gasteiger partial charge in [0.25, 0.3) is 10.0 Å². The number of carbonyl (C=O) groups excluding carboxylic acids is 2. The van der Waals surface area contributed by atoms with E-state index in [9.17, 15) is 22.4 Å². The zero-order valence-corrected chi connectivity index (χ0v) is 22.5. The van der Waals surface area contributed by atoms with Gasteiger partial charge >= 0.3 is 0 Å². The van der Waals surface area contributed by atoms with Crippen LogP contribution in [0.1, 0.15) is 19.4 Å². The number of nitrogens with one attached hydrogen (secondary N) is 1. The molecule has 0 saturated carbocycles. The molecule has 0 radical (unpaired) electrons. The first kappa shape index (κ1) is 28.4. The summed E-state index contributed by atoms with van der Waals surface area (Å²) in [5, 5.41) is 2.99. The lowest BCUT2D eigenvalue weighted by atomic mass is 10.1. The lowest BCUT2D eigenvalue weighted by molar-refractivity contribution is -0.139. The largest absolute Gasteiger partial charge is 0.355 e. The number of rotatable bonds is 10. The Bertz CT molecular complexity index is 1360. The number of nitrogens with zero attached hydrogens (tertiary/aromatic N) is 2. The number of anilines is 1. The van der Waals surface area contributed by atoms with E-state index < -0.39 is 40.2 Å². The Balaban J connectivity index is 2.04. The highest BCUT2D eigenvalue weighted by Gasteiger charge is 2.33. The summed E-state index contributed by atoms with van der Waals surface area (Å²) in [6, 6.07) is 16.4. The molecule has 0 fully saturated rings. The molecule has 3 aromatic rings. The number of amides is 2. The number of carbonyl (C=O) groups is 2. The standard InChI is InChI=1S/C26H26Cl2FN3O4S/c1-3-30-26(34)18(2)31(16-19-9-12-21(29)13-10-19)25(33)17-32(24-14-11-20(27)15-23(24)28)37(35,36)22-7-5-4-6-8-22/h4-15,18H,3,16-17H2,1-2H3,(H,30,34)/t18-/m1/s1. The van der Waals surface area contributed by atoms with Crippen molar-refractivity contribution < 1.29 is 22.4 Å². The molecule has 1 N–H and O–H groups in total. The molecule has 0 aromatic heterocycles. The first-order chi connectivity index (χ1) is 17.5. The number of sulfonamides is 1. The highest BCUT2D eigenvalue weighted by molar-refractivity contribution is 7.92. The van der Waals surface area contributed by atoms with Crippen molar-refractivity contribution in [2.75, 3.05) is 17.4 Å². The summed E-state index contributed by atoms with van der Waals surface area (Å²) in [7, 11) is -4.24. The maximum Gasteiger partial charge on any atom is 0.264 e. The first-order valence-electron chi connectivity index (χ1n) is 11.4. The summed E-state index contributed by atoms with van der Waals surface area (Å²) in [4.78, 5) is 27.6. The minimum atomic E-state index is -4.24. The molecule has 11 heteroatoms. The number of benzene rings is 3. The molecule has 0 unspecified atom stereocenters. The summed E-state index contributed by atoms with van der Waals surface area (Å²) < 4.78 is 41.7. The molecule has 3 rings (SSSR count). The Morgan fingerprint density at radius 3 is 2.24 bits per heavy atom. The van der Waals surface area contributed by atoms with Crippen LogP contribution >= 0.6 is 23.2 Å². The highest BCUT2D eigenvalue weighted by Crippen LogP contribution is 2.33. The Labute approximate surface area is 225 Å². The second-order valence-electron chi connectivity index (χ2n) is 8.14. The highest BCUT2D eigenvalue weighted by atomic mass is 35.5. The van der Waals surface area contributed by atoms with E-state index in [4.69, 9.17) is 23.2 Å². The van der Waals surface area contributed by atoms with Crippen molar-refractivity contribution in [1.29, 1.82) is 0 Å². The quantitative estimate of drug-likeness (QED) is 0.379. The van der Waals surface area contributed by atoms with Gasteiger partial charge in [-0.1, -0.05) is 53.5 Å². The lowest BCUT2D eigenvalue weighted by Crippen LogP contribution is -2.51. The number of hydrogen-bond donors (Lipinski definition) is 1. The van der Waals surface area contributed by atoms with E-state index in [1.54, 1.807) is 25.1 Å². The van der Waals surface area contributed by atoms with Gasteiger partial charge in [-0.2, -0.15) is 0 Å². The summed E-state index contributed by atoms with van der Waals surface area (Å²) >= 11 is 12.4. The fraction of sp³-hybridized carbons (Fsp3) is 0.231. The monoisotopic (exact) mass is 565 g/mol. The average Bonchev–Trinajstić information content (AvgIpc) is 2.87. The van der Waals surface area contributed by atoms with Crippen LogP contribution in [-0.2, 0) is 26.2 Å². The van der Waals surface area contributed by atoms with Crippen LogP contribution in [0.15, 0.2) is 77.7 Å². The van der Waals surface area contributed by atoms with Crippen LogP contribution in [-0.4, -0.2) is 44.3 Å². The predicted molar refractivity (Wildman–Crippen MR) is 143 cm³/mol. The Morgan fingerprint density at radius 1 is 1.00 bits per heavy atom. The van der Waals surface area contributed by atoms with Gasteiger partial charge in [0.15, 0.2) is 0 Å². The normalized spacial score (nSPS) is 12.0. The molecule has 3 aromatic carbocycles. The van der Waals surface area contributed by atoms with Gasteiger partial charge in [-0.25, -0.2) is 12.8 Å². The fourth-order valence-corrected chi connectivity index (χ4v) is 5.62. The second-order valence-corrected chi connectivity index (χ2v) is 10.8. The van der Waals surface area contributed by atoms with Crippen LogP contribution in [0.5, 0.6) is 0 Å². The minimum Gasteiger partial charge on any atom is -0.355 e. The van der Waals surface area contributed by atoms with Crippen LogP contribution in [0.2, 0.25) is 10.0 Å². The zero-order chi connectivity index (χ0) is 27.2. The third kappa shape index (κ3) is 7.00. The van der Waals surface area contributed by atoms with E-state index in [0.717, 1.165) is 4.31 Å². The molecular weight excluding hydrogens is 540 g/mol. The fourth-order valence-electron chi connectivity index (χ4n) is 3.61. The number of halogens is 3. The summed E-state index contributed by atoms with van der Waals surface area (Å²) in [6.45, 7) is 2.93. The SMILES string of the molecule is CCNC(=O)[C@@H](C)N(Cc1ccc(F)cc1)C(=O)CN(c1ccc(Cl)cc1Cl)S(=O)(=O)c1ccccc1. The van der Waals surface area contributed by atoms with Crippen LogP contribution in [0.25, 0.3) is 0 Å². The molecule has 0 spiro atoms. The van der Waals surface area contributed by atoms with E-state index in [1.165, 1.54) is 66.4 Å². The van der Waals surface area contributed by atoms with Gasteiger partial charge < -0.3 is 10.2 Å². The zero-order valence-electron chi connectivity index (χ0n) is 20.2. The van der Waals surface area contributed by atoms with Gasteiger partial charge in [-0.05, 0) is 61.9 Å². The van der Waals surface area contributed by atoms with Crippen molar-refractivity contribution in [3.8, 4) is 0 Å². The molecule has 0 bridgehead atoms. The van der Waals surface area contributed by atoms with Gasteiger partial charge in [0.1, 0.15) is 18.4 Å². The van der Waals surface area contributed by atoms with E-state index in [0.29, 0.717) is 17.1 Å².